The molecular formula is C7H7F3N2O2. The van der Waals surface area contributed by atoms with E-state index in [4.69, 9.17) is 0 Å². The number of carbonyl (C=O) groups excluding carboxylic acids is 2. The summed E-state index contributed by atoms with van der Waals surface area (Å²) in [5.41, 5.74) is 0. The van der Waals surface area contributed by atoms with E-state index in [1.165, 1.54) is 0 Å². The number of hydrogen-bond acceptors (Lipinski definition) is 3. The molecule has 2 aliphatic rings. The van der Waals surface area contributed by atoms with Crippen molar-refractivity contribution in [3.8, 4) is 0 Å². The molecule has 0 spiro atoms. The molecule has 2 fully saturated rings. The maximum absolute atomic E-state index is 12.3. The highest BCUT2D eigenvalue weighted by atomic mass is 19.4. The van der Waals surface area contributed by atoms with Gasteiger partial charge in [0, 0.05) is 6.54 Å². The summed E-state index contributed by atoms with van der Waals surface area (Å²) < 4.78 is 37.0. The van der Waals surface area contributed by atoms with Crippen LogP contribution >= 0.6 is 0 Å². The van der Waals surface area contributed by atoms with Crippen LogP contribution in [0, 0.1) is 11.8 Å². The summed E-state index contributed by atoms with van der Waals surface area (Å²) in [6.45, 7) is -0.0909. The molecule has 2 saturated heterocycles. The van der Waals surface area contributed by atoms with Crippen molar-refractivity contribution in [3.63, 3.8) is 0 Å². The van der Waals surface area contributed by atoms with Gasteiger partial charge in [-0.15, -0.1) is 0 Å². The average Bonchev–Trinajstić information content (AvgIpc) is 2.53. The van der Waals surface area contributed by atoms with Crippen LogP contribution in [0.2, 0.25) is 0 Å². The van der Waals surface area contributed by atoms with Crippen LogP contribution in [-0.4, -0.2) is 30.6 Å². The largest absolute Gasteiger partial charge is 0.404 e. The van der Waals surface area contributed by atoms with Gasteiger partial charge in [-0.1, -0.05) is 0 Å². The van der Waals surface area contributed by atoms with E-state index in [1.807, 2.05) is 5.32 Å². The first-order valence-corrected chi connectivity index (χ1v) is 4.06. The Morgan fingerprint density at radius 3 is 2.43 bits per heavy atom. The highest BCUT2D eigenvalue weighted by Gasteiger charge is 2.59. The van der Waals surface area contributed by atoms with Crippen molar-refractivity contribution in [1.82, 2.24) is 10.6 Å². The molecule has 2 rings (SSSR count). The minimum atomic E-state index is -4.48. The quantitative estimate of drug-likeness (QED) is 0.523. The standard InChI is InChI=1S/C7H7F3N2O2/c8-7(9,10)4-3-2(1-11-4)5(13)12-6(3)14/h2-4,11H,1H2,(H,12,13,14)/t2-,3-,4+/m1/s1. The summed E-state index contributed by atoms with van der Waals surface area (Å²) in [6.07, 6.45) is -4.48. The van der Waals surface area contributed by atoms with E-state index in [-0.39, 0.29) is 6.54 Å². The number of imide groups is 1. The number of fused-ring (bicyclic) bond motifs is 1. The number of carbonyl (C=O) groups is 2. The second-order valence-electron chi connectivity index (χ2n) is 3.41. The van der Waals surface area contributed by atoms with Gasteiger partial charge in [0.15, 0.2) is 0 Å². The molecule has 2 aliphatic heterocycles. The Hall–Kier alpha value is -1.11. The number of hydrogen-bond donors (Lipinski definition) is 2. The van der Waals surface area contributed by atoms with Crippen LogP contribution in [0.15, 0.2) is 0 Å². The van der Waals surface area contributed by atoms with E-state index in [1.54, 1.807) is 0 Å². The number of halogens is 3. The molecule has 0 aromatic carbocycles. The molecule has 78 valence electrons. The van der Waals surface area contributed by atoms with Crippen LogP contribution in [0.25, 0.3) is 0 Å². The molecule has 2 N–H and O–H groups in total. The summed E-state index contributed by atoms with van der Waals surface area (Å²) >= 11 is 0. The van der Waals surface area contributed by atoms with E-state index in [0.29, 0.717) is 0 Å². The summed E-state index contributed by atoms with van der Waals surface area (Å²) in [6, 6.07) is -1.89. The first-order chi connectivity index (χ1) is 6.41. The third-order valence-electron chi connectivity index (χ3n) is 2.59. The van der Waals surface area contributed by atoms with E-state index in [2.05, 4.69) is 5.32 Å². The predicted molar refractivity (Wildman–Crippen MR) is 38.0 cm³/mol. The van der Waals surface area contributed by atoms with Crippen molar-refractivity contribution in [3.05, 3.63) is 0 Å². The molecule has 0 radical (unpaired) electrons. The summed E-state index contributed by atoms with van der Waals surface area (Å²) in [7, 11) is 0. The molecule has 0 aromatic rings. The number of alkyl halides is 3. The van der Waals surface area contributed by atoms with Gasteiger partial charge in [0.05, 0.1) is 11.8 Å². The van der Waals surface area contributed by atoms with Crippen LogP contribution in [0.1, 0.15) is 0 Å². The minimum absolute atomic E-state index is 0.0909. The Labute approximate surface area is 76.8 Å². The topological polar surface area (TPSA) is 58.2 Å². The zero-order chi connectivity index (χ0) is 10.5. The maximum atomic E-state index is 12.3. The van der Waals surface area contributed by atoms with Crippen LogP contribution in [-0.2, 0) is 9.59 Å². The second kappa shape index (κ2) is 2.69. The molecule has 0 aromatic heterocycles. The third-order valence-corrected chi connectivity index (χ3v) is 2.59. The zero-order valence-corrected chi connectivity index (χ0v) is 6.89. The molecule has 0 aliphatic carbocycles. The molecule has 0 unspecified atom stereocenters. The highest BCUT2D eigenvalue weighted by Crippen LogP contribution is 2.36. The van der Waals surface area contributed by atoms with Gasteiger partial charge in [-0.2, -0.15) is 13.2 Å². The Morgan fingerprint density at radius 1 is 1.21 bits per heavy atom. The van der Waals surface area contributed by atoms with E-state index >= 15 is 0 Å². The van der Waals surface area contributed by atoms with E-state index in [0.717, 1.165) is 0 Å². The van der Waals surface area contributed by atoms with Gasteiger partial charge >= 0.3 is 6.18 Å². The summed E-state index contributed by atoms with van der Waals surface area (Å²) in [5.74, 6) is -3.59. The zero-order valence-electron chi connectivity index (χ0n) is 6.89. The lowest BCUT2D eigenvalue weighted by molar-refractivity contribution is -0.165. The normalized spacial score (nSPS) is 37.2. The SMILES string of the molecule is O=C1NC(=O)[C@@H]2CN[C@H](C(F)(F)F)[C@H]12. The fraction of sp³-hybridized carbons (Fsp3) is 0.714. The minimum Gasteiger partial charge on any atom is -0.305 e. The molecular weight excluding hydrogens is 201 g/mol. The predicted octanol–water partition coefficient (Wildman–Crippen LogP) is -0.591. The van der Waals surface area contributed by atoms with Gasteiger partial charge in [0.1, 0.15) is 6.04 Å². The van der Waals surface area contributed by atoms with Gasteiger partial charge in [-0.3, -0.25) is 14.9 Å². The van der Waals surface area contributed by atoms with Crippen molar-refractivity contribution >= 4 is 11.8 Å². The number of rotatable bonds is 0. The maximum Gasteiger partial charge on any atom is 0.404 e. The lowest BCUT2D eigenvalue weighted by Crippen LogP contribution is -2.45. The number of nitrogens with one attached hydrogen (secondary N) is 2. The van der Waals surface area contributed by atoms with Crippen LogP contribution in [0.3, 0.4) is 0 Å². The van der Waals surface area contributed by atoms with Gasteiger partial charge in [0.2, 0.25) is 11.8 Å². The lowest BCUT2D eigenvalue weighted by Gasteiger charge is -2.18. The molecule has 4 nitrogen and oxygen atoms in total. The fourth-order valence-electron chi connectivity index (χ4n) is 1.95. The average molecular weight is 208 g/mol. The summed E-state index contributed by atoms with van der Waals surface area (Å²) in [4.78, 5) is 22.1. The van der Waals surface area contributed by atoms with Crippen molar-refractivity contribution in [2.45, 2.75) is 12.2 Å². The monoisotopic (exact) mass is 208 g/mol. The van der Waals surface area contributed by atoms with Crippen molar-refractivity contribution in [1.29, 1.82) is 0 Å². The number of amides is 2. The first-order valence-electron chi connectivity index (χ1n) is 4.06. The van der Waals surface area contributed by atoms with Crippen molar-refractivity contribution < 1.29 is 22.8 Å². The third kappa shape index (κ3) is 1.19. The van der Waals surface area contributed by atoms with Gasteiger partial charge in [-0.05, 0) is 0 Å². The Balaban J connectivity index is 2.26. The fourth-order valence-corrected chi connectivity index (χ4v) is 1.95. The Bertz CT molecular complexity index is 302. The highest BCUT2D eigenvalue weighted by molar-refractivity contribution is 6.06. The molecule has 14 heavy (non-hydrogen) atoms. The molecule has 2 amide bonds. The van der Waals surface area contributed by atoms with Gasteiger partial charge in [0.25, 0.3) is 0 Å². The van der Waals surface area contributed by atoms with E-state index < -0.39 is 35.9 Å². The Morgan fingerprint density at radius 2 is 1.86 bits per heavy atom. The smallest absolute Gasteiger partial charge is 0.305 e. The van der Waals surface area contributed by atoms with Gasteiger partial charge < -0.3 is 5.32 Å². The molecule has 2 heterocycles. The lowest BCUT2D eigenvalue weighted by atomic mass is 9.93. The van der Waals surface area contributed by atoms with Crippen LogP contribution in [0.4, 0.5) is 13.2 Å². The van der Waals surface area contributed by atoms with Crippen molar-refractivity contribution in [2.24, 2.45) is 11.8 Å². The molecule has 0 saturated carbocycles. The first kappa shape index (κ1) is 9.45. The van der Waals surface area contributed by atoms with Crippen LogP contribution < -0.4 is 10.6 Å². The van der Waals surface area contributed by atoms with E-state index in [9.17, 15) is 22.8 Å². The molecule has 0 bridgehead atoms. The van der Waals surface area contributed by atoms with Crippen LogP contribution in [0.5, 0.6) is 0 Å². The molecule has 7 heteroatoms. The Kier molecular flexibility index (Phi) is 1.82. The summed E-state index contributed by atoms with van der Waals surface area (Å²) in [5, 5.41) is 4.06. The van der Waals surface area contributed by atoms with Gasteiger partial charge in [-0.25, -0.2) is 0 Å². The van der Waals surface area contributed by atoms with Crippen molar-refractivity contribution in [2.75, 3.05) is 6.54 Å². The second-order valence-corrected chi connectivity index (χ2v) is 3.41. The molecule has 3 atom stereocenters.